The highest BCUT2D eigenvalue weighted by Crippen LogP contribution is 2.23. The number of aliphatic imine (C=N–C) groups is 1. The van der Waals surface area contributed by atoms with Crippen molar-refractivity contribution in [3.8, 4) is 0 Å². The van der Waals surface area contributed by atoms with E-state index in [1.54, 1.807) is 18.2 Å². The minimum Gasteiger partial charge on any atom is -0.267 e. The van der Waals surface area contributed by atoms with E-state index in [-0.39, 0.29) is 5.92 Å². The molecule has 0 saturated carbocycles. The van der Waals surface area contributed by atoms with Crippen LogP contribution in [0.25, 0.3) is 0 Å². The Morgan fingerprint density at radius 2 is 1.71 bits per heavy atom. The summed E-state index contributed by atoms with van der Waals surface area (Å²) in [6.45, 7) is 2.62. The number of rotatable bonds is 3. The van der Waals surface area contributed by atoms with E-state index in [4.69, 9.17) is 0 Å². The highest BCUT2D eigenvalue weighted by Gasteiger charge is 2.30. The van der Waals surface area contributed by atoms with E-state index in [1.165, 1.54) is 5.56 Å². The van der Waals surface area contributed by atoms with E-state index >= 15 is 0 Å². The summed E-state index contributed by atoms with van der Waals surface area (Å²) in [6.07, 6.45) is 0. The molecule has 1 aliphatic heterocycles. The molecule has 0 spiro atoms. The predicted octanol–water partition coefficient (Wildman–Crippen LogP) is 2.53. The van der Waals surface area contributed by atoms with E-state index in [0.717, 1.165) is 0 Å². The maximum Gasteiger partial charge on any atom is 0.263 e. The van der Waals surface area contributed by atoms with Gasteiger partial charge in [-0.3, -0.25) is 9.71 Å². The molecule has 5 heteroatoms. The van der Waals surface area contributed by atoms with Gasteiger partial charge >= 0.3 is 0 Å². The van der Waals surface area contributed by atoms with Gasteiger partial charge in [0, 0.05) is 18.0 Å². The zero-order valence-corrected chi connectivity index (χ0v) is 12.5. The van der Waals surface area contributed by atoms with Crippen LogP contribution in [0.4, 0.5) is 0 Å². The maximum atomic E-state index is 12.0. The molecular weight excluding hydrogens is 284 g/mol. The van der Waals surface area contributed by atoms with Crippen LogP contribution >= 0.6 is 0 Å². The van der Waals surface area contributed by atoms with Crippen LogP contribution in [0, 0.1) is 0 Å². The van der Waals surface area contributed by atoms with Crippen molar-refractivity contribution in [2.75, 3.05) is 6.54 Å². The van der Waals surface area contributed by atoms with E-state index in [2.05, 4.69) is 28.8 Å². The van der Waals surface area contributed by atoms with Crippen molar-refractivity contribution in [1.82, 2.24) is 4.72 Å². The lowest BCUT2D eigenvalue weighted by Crippen LogP contribution is -2.22. The first-order valence-corrected chi connectivity index (χ1v) is 8.28. The van der Waals surface area contributed by atoms with Gasteiger partial charge in [-0.05, 0) is 17.7 Å². The van der Waals surface area contributed by atoms with Crippen LogP contribution < -0.4 is 4.72 Å². The Bertz CT molecular complexity index is 783. The average Bonchev–Trinajstić information content (AvgIpc) is 2.77. The maximum absolute atomic E-state index is 12.0. The number of nitrogens with one attached hydrogen (secondary N) is 1. The fraction of sp³-hybridized carbons (Fsp3) is 0.188. The summed E-state index contributed by atoms with van der Waals surface area (Å²) in [4.78, 5) is 4.76. The molecule has 21 heavy (non-hydrogen) atoms. The van der Waals surface area contributed by atoms with Gasteiger partial charge in [-0.15, -0.1) is 0 Å². The van der Waals surface area contributed by atoms with Crippen LogP contribution in [-0.4, -0.2) is 20.8 Å². The van der Waals surface area contributed by atoms with Crippen LogP contribution in [0.15, 0.2) is 64.5 Å². The lowest BCUT2D eigenvalue weighted by molar-refractivity contribution is 0.595. The summed E-state index contributed by atoms with van der Waals surface area (Å²) in [5.74, 6) is 0.671. The van der Waals surface area contributed by atoms with Crippen molar-refractivity contribution >= 4 is 15.9 Å². The summed E-state index contributed by atoms with van der Waals surface area (Å²) in [5, 5.41) is 0. The Hall–Kier alpha value is -2.14. The second kappa shape index (κ2) is 5.33. The molecule has 0 aliphatic carbocycles. The first-order valence-electron chi connectivity index (χ1n) is 6.79. The molecule has 0 aromatic heterocycles. The summed E-state index contributed by atoms with van der Waals surface area (Å²) >= 11 is 0. The third kappa shape index (κ3) is 2.69. The molecule has 108 valence electrons. The lowest BCUT2D eigenvalue weighted by Gasteiger charge is -2.09. The number of benzene rings is 2. The fourth-order valence-electron chi connectivity index (χ4n) is 2.37. The molecule has 2 aromatic carbocycles. The first kappa shape index (κ1) is 13.8. The summed E-state index contributed by atoms with van der Waals surface area (Å²) < 4.78 is 26.5. The molecule has 1 heterocycles. The molecule has 1 aliphatic rings. The third-order valence-corrected chi connectivity index (χ3v) is 4.95. The van der Waals surface area contributed by atoms with E-state index in [9.17, 15) is 8.42 Å². The van der Waals surface area contributed by atoms with Gasteiger partial charge in [0.1, 0.15) is 5.84 Å². The monoisotopic (exact) mass is 300 g/mol. The smallest absolute Gasteiger partial charge is 0.263 e. The average molecular weight is 300 g/mol. The Morgan fingerprint density at radius 3 is 2.48 bits per heavy atom. The van der Waals surface area contributed by atoms with Gasteiger partial charge in [-0.1, -0.05) is 49.4 Å². The molecule has 0 fully saturated rings. The number of amidine groups is 1. The minimum absolute atomic E-state index is 0.232. The van der Waals surface area contributed by atoms with Gasteiger partial charge in [0.05, 0.1) is 4.90 Å². The zero-order valence-electron chi connectivity index (χ0n) is 11.7. The molecule has 0 radical (unpaired) electrons. The molecule has 0 amide bonds. The Labute approximate surface area is 124 Å². The lowest BCUT2D eigenvalue weighted by atomic mass is 10.0. The SMILES string of the molecule is C[C@H](CN=C1NS(=O)(=O)c2ccccc21)c1ccccc1. The van der Waals surface area contributed by atoms with Gasteiger partial charge in [0.15, 0.2) is 0 Å². The van der Waals surface area contributed by atoms with Crippen LogP contribution in [0.5, 0.6) is 0 Å². The van der Waals surface area contributed by atoms with Crippen LogP contribution in [0.3, 0.4) is 0 Å². The van der Waals surface area contributed by atoms with Gasteiger partial charge < -0.3 is 0 Å². The summed E-state index contributed by atoms with van der Waals surface area (Å²) in [7, 11) is -3.45. The summed E-state index contributed by atoms with van der Waals surface area (Å²) in [5.41, 5.74) is 1.84. The number of hydrogen-bond donors (Lipinski definition) is 1. The number of nitrogens with zero attached hydrogens (tertiary/aromatic N) is 1. The van der Waals surface area contributed by atoms with Crippen molar-refractivity contribution in [1.29, 1.82) is 0 Å². The van der Waals surface area contributed by atoms with E-state index < -0.39 is 10.0 Å². The normalized spacial score (nSPS) is 19.0. The molecule has 4 nitrogen and oxygen atoms in total. The number of sulfonamides is 1. The van der Waals surface area contributed by atoms with Gasteiger partial charge in [-0.25, -0.2) is 8.42 Å². The van der Waals surface area contributed by atoms with E-state index in [0.29, 0.717) is 22.8 Å². The Morgan fingerprint density at radius 1 is 1.05 bits per heavy atom. The third-order valence-electron chi connectivity index (χ3n) is 3.55. The quantitative estimate of drug-likeness (QED) is 0.947. The highest BCUT2D eigenvalue weighted by atomic mass is 32.2. The van der Waals surface area contributed by atoms with Gasteiger partial charge in [0.2, 0.25) is 0 Å². The van der Waals surface area contributed by atoms with Crippen LogP contribution in [-0.2, 0) is 10.0 Å². The van der Waals surface area contributed by atoms with E-state index in [1.807, 2.05) is 24.3 Å². The van der Waals surface area contributed by atoms with Crippen molar-refractivity contribution in [3.63, 3.8) is 0 Å². The second-order valence-electron chi connectivity index (χ2n) is 5.10. The molecule has 0 unspecified atom stereocenters. The van der Waals surface area contributed by atoms with Crippen molar-refractivity contribution in [2.45, 2.75) is 17.7 Å². The first-order chi connectivity index (χ1) is 10.1. The standard InChI is InChI=1S/C16H16N2O2S/c1-12(13-7-3-2-4-8-13)11-17-16-14-9-5-6-10-15(14)21(19,20)18-16/h2-10,12H,11H2,1H3,(H,17,18)/t12-/m1/s1. The molecule has 1 N–H and O–H groups in total. The van der Waals surface area contributed by atoms with Gasteiger partial charge in [-0.2, -0.15) is 0 Å². The predicted molar refractivity (Wildman–Crippen MR) is 83.0 cm³/mol. The summed E-state index contributed by atoms with van der Waals surface area (Å²) in [6, 6.07) is 17.0. The Balaban J connectivity index is 1.86. The zero-order chi connectivity index (χ0) is 14.9. The molecular formula is C16H16N2O2S. The van der Waals surface area contributed by atoms with Crippen LogP contribution in [0.2, 0.25) is 0 Å². The molecule has 0 saturated heterocycles. The van der Waals surface area contributed by atoms with Gasteiger partial charge in [0.25, 0.3) is 10.0 Å². The molecule has 2 aromatic rings. The number of hydrogen-bond acceptors (Lipinski definition) is 3. The highest BCUT2D eigenvalue weighted by molar-refractivity contribution is 7.90. The minimum atomic E-state index is -3.45. The van der Waals surface area contributed by atoms with Crippen molar-refractivity contribution in [3.05, 3.63) is 65.7 Å². The second-order valence-corrected chi connectivity index (χ2v) is 6.75. The number of fused-ring (bicyclic) bond motifs is 1. The topological polar surface area (TPSA) is 58.5 Å². The molecule has 0 bridgehead atoms. The molecule has 3 rings (SSSR count). The fourth-order valence-corrected chi connectivity index (χ4v) is 3.62. The Kier molecular flexibility index (Phi) is 3.51. The van der Waals surface area contributed by atoms with Crippen molar-refractivity contribution < 1.29 is 8.42 Å². The van der Waals surface area contributed by atoms with Crippen molar-refractivity contribution in [2.24, 2.45) is 4.99 Å². The largest absolute Gasteiger partial charge is 0.267 e. The molecule has 1 atom stereocenters. The van der Waals surface area contributed by atoms with Crippen LogP contribution in [0.1, 0.15) is 24.0 Å².